The van der Waals surface area contributed by atoms with Crippen LogP contribution in [0.2, 0.25) is 0 Å². The summed E-state index contributed by atoms with van der Waals surface area (Å²) in [5, 5.41) is 0. The molecule has 1 aromatic carbocycles. The van der Waals surface area contributed by atoms with E-state index in [1.807, 2.05) is 0 Å². The zero-order chi connectivity index (χ0) is 10.1. The van der Waals surface area contributed by atoms with Crippen molar-refractivity contribution in [2.75, 3.05) is 12.8 Å². The van der Waals surface area contributed by atoms with E-state index in [1.54, 1.807) is 19.2 Å². The molecule has 0 heterocycles. The van der Waals surface area contributed by atoms with Gasteiger partial charge in [0.05, 0.1) is 7.11 Å². The van der Waals surface area contributed by atoms with E-state index in [0.29, 0.717) is 17.9 Å². The molecule has 0 saturated heterocycles. The minimum Gasteiger partial charge on any atom is -0.497 e. The van der Waals surface area contributed by atoms with Crippen LogP contribution in [0.5, 0.6) is 5.75 Å². The van der Waals surface area contributed by atoms with Crippen LogP contribution in [0.3, 0.4) is 0 Å². The SMILES string of the molecule is COc1cc(N)c2c(c1)C(=O)CCC2. The number of rotatable bonds is 1. The summed E-state index contributed by atoms with van der Waals surface area (Å²) in [6.45, 7) is 0. The Hall–Kier alpha value is -1.51. The number of hydrogen-bond donors (Lipinski definition) is 1. The van der Waals surface area contributed by atoms with E-state index in [1.165, 1.54) is 0 Å². The summed E-state index contributed by atoms with van der Waals surface area (Å²) < 4.78 is 5.08. The third-order valence-corrected chi connectivity index (χ3v) is 2.62. The summed E-state index contributed by atoms with van der Waals surface area (Å²) in [6.07, 6.45) is 2.43. The van der Waals surface area contributed by atoms with Gasteiger partial charge in [0.1, 0.15) is 5.75 Å². The van der Waals surface area contributed by atoms with E-state index < -0.39 is 0 Å². The van der Waals surface area contributed by atoms with E-state index in [9.17, 15) is 4.79 Å². The van der Waals surface area contributed by atoms with Crippen LogP contribution >= 0.6 is 0 Å². The number of anilines is 1. The predicted molar refractivity (Wildman–Crippen MR) is 54.7 cm³/mol. The Bertz CT molecular complexity index is 385. The van der Waals surface area contributed by atoms with Crippen LogP contribution in [-0.2, 0) is 6.42 Å². The summed E-state index contributed by atoms with van der Waals surface area (Å²) in [5.41, 5.74) is 8.25. The van der Waals surface area contributed by atoms with Crippen LogP contribution in [0.4, 0.5) is 5.69 Å². The van der Waals surface area contributed by atoms with Gasteiger partial charge in [0.25, 0.3) is 0 Å². The molecular weight excluding hydrogens is 178 g/mol. The monoisotopic (exact) mass is 191 g/mol. The van der Waals surface area contributed by atoms with Gasteiger partial charge in [-0.25, -0.2) is 0 Å². The molecule has 0 aliphatic heterocycles. The lowest BCUT2D eigenvalue weighted by Gasteiger charge is -2.17. The van der Waals surface area contributed by atoms with E-state index in [-0.39, 0.29) is 5.78 Å². The molecule has 0 bridgehead atoms. The average molecular weight is 191 g/mol. The number of fused-ring (bicyclic) bond motifs is 1. The fourth-order valence-electron chi connectivity index (χ4n) is 1.87. The van der Waals surface area contributed by atoms with Crippen LogP contribution in [-0.4, -0.2) is 12.9 Å². The molecule has 74 valence electrons. The maximum absolute atomic E-state index is 11.6. The highest BCUT2D eigenvalue weighted by Gasteiger charge is 2.20. The van der Waals surface area contributed by atoms with E-state index in [4.69, 9.17) is 10.5 Å². The number of hydrogen-bond acceptors (Lipinski definition) is 3. The molecule has 2 rings (SSSR count). The van der Waals surface area contributed by atoms with Crippen LogP contribution in [0.25, 0.3) is 0 Å². The Kier molecular flexibility index (Phi) is 2.15. The first-order chi connectivity index (χ1) is 6.72. The zero-order valence-electron chi connectivity index (χ0n) is 8.17. The van der Waals surface area contributed by atoms with E-state index in [0.717, 1.165) is 24.0 Å². The van der Waals surface area contributed by atoms with Crippen LogP contribution in [0.1, 0.15) is 28.8 Å². The fraction of sp³-hybridized carbons (Fsp3) is 0.364. The molecule has 1 aliphatic carbocycles. The number of benzene rings is 1. The maximum Gasteiger partial charge on any atom is 0.163 e. The van der Waals surface area contributed by atoms with Gasteiger partial charge in [-0.3, -0.25) is 4.79 Å². The molecule has 0 unspecified atom stereocenters. The Morgan fingerprint density at radius 3 is 2.86 bits per heavy atom. The van der Waals surface area contributed by atoms with Crippen LogP contribution in [0, 0.1) is 0 Å². The van der Waals surface area contributed by atoms with Gasteiger partial charge < -0.3 is 10.5 Å². The number of methoxy groups -OCH3 is 1. The fourth-order valence-corrected chi connectivity index (χ4v) is 1.87. The van der Waals surface area contributed by atoms with Gasteiger partial charge in [-0.15, -0.1) is 0 Å². The summed E-state index contributed by atoms with van der Waals surface area (Å²) in [7, 11) is 1.58. The average Bonchev–Trinajstić information content (AvgIpc) is 2.19. The van der Waals surface area contributed by atoms with Crippen molar-refractivity contribution in [1.29, 1.82) is 0 Å². The van der Waals surface area contributed by atoms with Gasteiger partial charge in [0, 0.05) is 23.7 Å². The van der Waals surface area contributed by atoms with Gasteiger partial charge in [0.2, 0.25) is 0 Å². The standard InChI is InChI=1S/C11H13NO2/c1-14-7-5-9-8(10(12)6-7)3-2-4-11(9)13/h5-6H,2-4,12H2,1H3. The van der Waals surface area contributed by atoms with Crippen molar-refractivity contribution in [2.45, 2.75) is 19.3 Å². The molecular formula is C11H13NO2. The van der Waals surface area contributed by atoms with Gasteiger partial charge >= 0.3 is 0 Å². The Labute approximate surface area is 82.9 Å². The first-order valence-corrected chi connectivity index (χ1v) is 4.72. The molecule has 0 atom stereocenters. The second kappa shape index (κ2) is 3.33. The van der Waals surface area contributed by atoms with Crippen molar-refractivity contribution in [3.05, 3.63) is 23.3 Å². The summed E-state index contributed by atoms with van der Waals surface area (Å²) in [6, 6.07) is 3.56. The normalized spacial score (nSPS) is 15.1. The maximum atomic E-state index is 11.6. The van der Waals surface area contributed by atoms with E-state index in [2.05, 4.69) is 0 Å². The second-order valence-electron chi connectivity index (χ2n) is 3.52. The lowest BCUT2D eigenvalue weighted by Crippen LogP contribution is -2.13. The van der Waals surface area contributed by atoms with Crippen molar-refractivity contribution < 1.29 is 9.53 Å². The Morgan fingerprint density at radius 2 is 2.14 bits per heavy atom. The minimum atomic E-state index is 0.178. The minimum absolute atomic E-state index is 0.178. The predicted octanol–water partition coefficient (Wildman–Crippen LogP) is 1.80. The van der Waals surface area contributed by atoms with Crippen molar-refractivity contribution in [1.82, 2.24) is 0 Å². The highest BCUT2D eigenvalue weighted by atomic mass is 16.5. The van der Waals surface area contributed by atoms with Gasteiger partial charge in [-0.1, -0.05) is 0 Å². The van der Waals surface area contributed by atoms with Crippen LogP contribution in [0.15, 0.2) is 12.1 Å². The van der Waals surface area contributed by atoms with Crippen molar-refractivity contribution >= 4 is 11.5 Å². The molecule has 14 heavy (non-hydrogen) atoms. The molecule has 1 aromatic rings. The van der Waals surface area contributed by atoms with Crippen LogP contribution < -0.4 is 10.5 Å². The Balaban J connectivity index is 2.57. The highest BCUT2D eigenvalue weighted by Crippen LogP contribution is 2.30. The molecule has 0 spiro atoms. The third kappa shape index (κ3) is 1.35. The smallest absolute Gasteiger partial charge is 0.163 e. The Morgan fingerprint density at radius 1 is 1.36 bits per heavy atom. The van der Waals surface area contributed by atoms with Gasteiger partial charge in [0.15, 0.2) is 5.78 Å². The summed E-state index contributed by atoms with van der Waals surface area (Å²) in [5.74, 6) is 0.841. The molecule has 1 aliphatic rings. The third-order valence-electron chi connectivity index (χ3n) is 2.62. The lowest BCUT2D eigenvalue weighted by atomic mass is 9.89. The molecule has 3 nitrogen and oxygen atoms in total. The number of nitrogen functional groups attached to an aromatic ring is 1. The molecule has 2 N–H and O–H groups in total. The summed E-state index contributed by atoms with van der Waals surface area (Å²) >= 11 is 0. The molecule has 0 saturated carbocycles. The molecule has 0 radical (unpaired) electrons. The largest absolute Gasteiger partial charge is 0.497 e. The molecule has 3 heteroatoms. The topological polar surface area (TPSA) is 52.3 Å². The quantitative estimate of drug-likeness (QED) is 0.688. The number of ketones is 1. The van der Waals surface area contributed by atoms with Gasteiger partial charge in [-0.05, 0) is 24.5 Å². The number of carbonyl (C=O) groups excluding carboxylic acids is 1. The van der Waals surface area contributed by atoms with Crippen molar-refractivity contribution in [3.63, 3.8) is 0 Å². The first kappa shape index (κ1) is 9.06. The molecule has 0 amide bonds. The zero-order valence-corrected chi connectivity index (χ0v) is 8.17. The molecule has 0 fully saturated rings. The van der Waals surface area contributed by atoms with Crippen molar-refractivity contribution in [2.24, 2.45) is 0 Å². The van der Waals surface area contributed by atoms with Crippen molar-refractivity contribution in [3.8, 4) is 5.75 Å². The number of Topliss-reactive ketones (excluding diaryl/α,β-unsaturated/α-hetero) is 1. The number of ether oxygens (including phenoxy) is 1. The number of carbonyl (C=O) groups is 1. The van der Waals surface area contributed by atoms with E-state index >= 15 is 0 Å². The number of nitrogens with two attached hydrogens (primary N) is 1. The molecule has 0 aromatic heterocycles. The first-order valence-electron chi connectivity index (χ1n) is 4.72. The second-order valence-corrected chi connectivity index (χ2v) is 3.52. The highest BCUT2D eigenvalue weighted by molar-refractivity contribution is 6.00. The summed E-state index contributed by atoms with van der Waals surface area (Å²) in [4.78, 5) is 11.6. The lowest BCUT2D eigenvalue weighted by molar-refractivity contribution is 0.0972. The van der Waals surface area contributed by atoms with Gasteiger partial charge in [-0.2, -0.15) is 0 Å².